The molecule has 146 valence electrons. The van der Waals surface area contributed by atoms with Gasteiger partial charge in [-0.15, -0.1) is 0 Å². The zero-order chi connectivity index (χ0) is 21.1. The molecule has 2 amide bonds. The van der Waals surface area contributed by atoms with Crippen molar-refractivity contribution in [1.82, 2.24) is 0 Å². The molecule has 0 aromatic heterocycles. The van der Waals surface area contributed by atoms with Gasteiger partial charge in [-0.3, -0.25) is 9.59 Å². The van der Waals surface area contributed by atoms with Crippen LogP contribution in [0.4, 0.5) is 37.7 Å². The molecule has 0 saturated heterocycles. The summed E-state index contributed by atoms with van der Waals surface area (Å²) in [7, 11) is 0. The first-order valence-electron chi connectivity index (χ1n) is 7.32. The van der Waals surface area contributed by atoms with Crippen LogP contribution >= 0.6 is 0 Å². The number of halogens is 6. The second-order valence-electron chi connectivity index (χ2n) is 5.39. The molecule has 11 heteroatoms. The Kier molecular flexibility index (Phi) is 5.63. The molecule has 0 atom stereocenters. The van der Waals surface area contributed by atoms with Crippen LogP contribution in [0.5, 0.6) is 0 Å². The van der Waals surface area contributed by atoms with Gasteiger partial charge in [0, 0.05) is 11.4 Å². The Morgan fingerprint density at radius 3 is 1.57 bits per heavy atom. The maximum atomic E-state index is 12.8. The molecule has 5 nitrogen and oxygen atoms in total. The fraction of sp³-hybridized carbons (Fsp3) is 0.118. The SMILES string of the molecule is N#Cc1ccc(NC(=O)C(=O)Nc2cc(C(F)(F)F)cc(C(F)(F)F)c2)cc1. The van der Waals surface area contributed by atoms with E-state index in [-0.39, 0.29) is 29.4 Å². The predicted octanol–water partition coefficient (Wildman–Crippen LogP) is 4.17. The van der Waals surface area contributed by atoms with Crippen LogP contribution in [0.1, 0.15) is 16.7 Å². The van der Waals surface area contributed by atoms with Gasteiger partial charge in [0.1, 0.15) is 0 Å². The van der Waals surface area contributed by atoms with Crippen LogP contribution in [0.15, 0.2) is 42.5 Å². The minimum Gasteiger partial charge on any atom is -0.318 e. The lowest BCUT2D eigenvalue weighted by atomic mass is 10.1. The molecule has 0 saturated carbocycles. The maximum Gasteiger partial charge on any atom is 0.416 e. The number of nitrogens with one attached hydrogen (secondary N) is 2. The van der Waals surface area contributed by atoms with Crippen molar-refractivity contribution in [2.24, 2.45) is 0 Å². The number of hydrogen-bond acceptors (Lipinski definition) is 3. The molecule has 2 aromatic rings. The Morgan fingerprint density at radius 1 is 0.750 bits per heavy atom. The molecule has 0 radical (unpaired) electrons. The number of rotatable bonds is 2. The number of carbonyl (C=O) groups excluding carboxylic acids is 2. The van der Waals surface area contributed by atoms with Crippen LogP contribution in [0.25, 0.3) is 0 Å². The summed E-state index contributed by atoms with van der Waals surface area (Å²) >= 11 is 0. The fourth-order valence-corrected chi connectivity index (χ4v) is 2.03. The van der Waals surface area contributed by atoms with Gasteiger partial charge in [-0.1, -0.05) is 0 Å². The monoisotopic (exact) mass is 401 g/mol. The number of carbonyl (C=O) groups is 2. The topological polar surface area (TPSA) is 82.0 Å². The summed E-state index contributed by atoms with van der Waals surface area (Å²) in [5.74, 6) is -2.80. The zero-order valence-electron chi connectivity index (χ0n) is 13.6. The van der Waals surface area contributed by atoms with Crippen LogP contribution in [-0.4, -0.2) is 11.8 Å². The van der Waals surface area contributed by atoms with E-state index in [0.717, 1.165) is 0 Å². The van der Waals surface area contributed by atoms with Crippen LogP contribution in [0.3, 0.4) is 0 Å². The molecule has 0 bridgehead atoms. The van der Waals surface area contributed by atoms with Gasteiger partial charge in [-0.25, -0.2) is 0 Å². The third-order valence-corrected chi connectivity index (χ3v) is 3.32. The lowest BCUT2D eigenvalue weighted by molar-refractivity contribution is -0.143. The van der Waals surface area contributed by atoms with Crippen molar-refractivity contribution in [2.45, 2.75) is 12.4 Å². The highest BCUT2D eigenvalue weighted by Gasteiger charge is 2.37. The number of alkyl halides is 6. The van der Waals surface area contributed by atoms with E-state index in [1.54, 1.807) is 5.32 Å². The summed E-state index contributed by atoms with van der Waals surface area (Å²) in [6.07, 6.45) is -10.2. The van der Waals surface area contributed by atoms with Crippen molar-refractivity contribution >= 4 is 23.2 Å². The molecular formula is C17H9F6N3O2. The quantitative estimate of drug-likeness (QED) is 0.585. The highest BCUT2D eigenvalue weighted by atomic mass is 19.4. The second-order valence-corrected chi connectivity index (χ2v) is 5.39. The van der Waals surface area contributed by atoms with Crippen molar-refractivity contribution < 1.29 is 35.9 Å². The van der Waals surface area contributed by atoms with Gasteiger partial charge in [0.15, 0.2) is 0 Å². The Hall–Kier alpha value is -3.55. The lowest BCUT2D eigenvalue weighted by Crippen LogP contribution is -2.29. The summed E-state index contributed by atoms with van der Waals surface area (Å²) in [4.78, 5) is 23.6. The molecule has 0 aliphatic rings. The fourth-order valence-electron chi connectivity index (χ4n) is 2.03. The van der Waals surface area contributed by atoms with E-state index in [1.807, 2.05) is 6.07 Å². The van der Waals surface area contributed by atoms with Gasteiger partial charge in [0.25, 0.3) is 0 Å². The van der Waals surface area contributed by atoms with Crippen molar-refractivity contribution in [2.75, 3.05) is 10.6 Å². The Bertz CT molecular complexity index is 911. The number of benzene rings is 2. The molecule has 0 fully saturated rings. The highest BCUT2D eigenvalue weighted by molar-refractivity contribution is 6.43. The number of amides is 2. The largest absolute Gasteiger partial charge is 0.416 e. The van der Waals surface area contributed by atoms with Crippen LogP contribution in [0.2, 0.25) is 0 Å². The number of nitriles is 1. The van der Waals surface area contributed by atoms with Crippen molar-refractivity contribution in [3.05, 3.63) is 59.2 Å². The summed E-state index contributed by atoms with van der Waals surface area (Å²) in [6, 6.07) is 7.51. The van der Waals surface area contributed by atoms with Gasteiger partial charge in [-0.2, -0.15) is 31.6 Å². The summed E-state index contributed by atoms with van der Waals surface area (Å²) in [5.41, 5.74) is -3.75. The normalized spacial score (nSPS) is 11.5. The lowest BCUT2D eigenvalue weighted by Gasteiger charge is -2.14. The van der Waals surface area contributed by atoms with Crippen molar-refractivity contribution in [3.63, 3.8) is 0 Å². The summed E-state index contributed by atoms with van der Waals surface area (Å²) in [5, 5.41) is 12.5. The van der Waals surface area contributed by atoms with Gasteiger partial charge >= 0.3 is 24.2 Å². The van der Waals surface area contributed by atoms with Crippen LogP contribution in [0, 0.1) is 11.3 Å². The standard InChI is InChI=1S/C17H9F6N3O2/c18-16(19,20)10-5-11(17(21,22)23)7-13(6-10)26-15(28)14(27)25-12-3-1-9(8-24)2-4-12/h1-7H,(H,25,27)(H,26,28). The molecule has 0 heterocycles. The predicted molar refractivity (Wildman–Crippen MR) is 84.9 cm³/mol. The van der Waals surface area contributed by atoms with Crippen molar-refractivity contribution in [1.29, 1.82) is 5.26 Å². The van der Waals surface area contributed by atoms with E-state index in [0.29, 0.717) is 0 Å². The first-order chi connectivity index (χ1) is 12.9. The number of anilines is 2. The molecular weight excluding hydrogens is 392 g/mol. The van der Waals surface area contributed by atoms with E-state index >= 15 is 0 Å². The third kappa shape index (κ3) is 5.23. The van der Waals surface area contributed by atoms with Gasteiger partial charge in [0.2, 0.25) is 0 Å². The first-order valence-corrected chi connectivity index (χ1v) is 7.32. The summed E-state index contributed by atoms with van der Waals surface area (Å²) < 4.78 is 76.8. The smallest absolute Gasteiger partial charge is 0.318 e. The second kappa shape index (κ2) is 7.59. The third-order valence-electron chi connectivity index (χ3n) is 3.32. The van der Waals surface area contributed by atoms with Crippen molar-refractivity contribution in [3.8, 4) is 6.07 Å². The van der Waals surface area contributed by atoms with E-state index in [2.05, 4.69) is 5.32 Å². The van der Waals surface area contributed by atoms with E-state index in [1.165, 1.54) is 24.3 Å². The van der Waals surface area contributed by atoms with Gasteiger partial charge < -0.3 is 10.6 Å². The molecule has 28 heavy (non-hydrogen) atoms. The van der Waals surface area contributed by atoms with E-state index in [4.69, 9.17) is 5.26 Å². The molecule has 0 aliphatic heterocycles. The molecule has 0 spiro atoms. The Labute approximate surface area is 153 Å². The van der Waals surface area contributed by atoms with E-state index in [9.17, 15) is 35.9 Å². The van der Waals surface area contributed by atoms with Gasteiger partial charge in [0.05, 0.1) is 22.8 Å². The van der Waals surface area contributed by atoms with Crippen LogP contribution < -0.4 is 10.6 Å². The average Bonchev–Trinajstić information content (AvgIpc) is 2.60. The molecule has 0 aliphatic carbocycles. The Balaban J connectivity index is 2.22. The molecule has 2 rings (SSSR count). The highest BCUT2D eigenvalue weighted by Crippen LogP contribution is 2.37. The number of hydrogen-bond donors (Lipinski definition) is 2. The maximum absolute atomic E-state index is 12.8. The van der Waals surface area contributed by atoms with E-state index < -0.39 is 41.0 Å². The zero-order valence-corrected chi connectivity index (χ0v) is 13.6. The average molecular weight is 401 g/mol. The molecule has 2 aromatic carbocycles. The minimum atomic E-state index is -5.09. The summed E-state index contributed by atoms with van der Waals surface area (Å²) in [6.45, 7) is 0. The Morgan fingerprint density at radius 2 is 1.18 bits per heavy atom. The minimum absolute atomic E-state index is 0.0965. The first kappa shape index (κ1) is 20.8. The molecule has 2 N–H and O–H groups in total. The van der Waals surface area contributed by atoms with Gasteiger partial charge in [-0.05, 0) is 42.5 Å². The number of nitrogens with zero attached hydrogens (tertiary/aromatic N) is 1. The van der Waals surface area contributed by atoms with Crippen LogP contribution in [-0.2, 0) is 21.9 Å². The molecule has 0 unspecified atom stereocenters.